The molecule has 1 aromatic rings. The van der Waals surface area contributed by atoms with Crippen LogP contribution in [0.2, 0.25) is 0 Å². The van der Waals surface area contributed by atoms with Crippen LogP contribution in [-0.4, -0.2) is 16.9 Å². The predicted molar refractivity (Wildman–Crippen MR) is 62.1 cm³/mol. The van der Waals surface area contributed by atoms with Crippen molar-refractivity contribution in [1.29, 1.82) is 0 Å². The first-order valence-electron chi connectivity index (χ1n) is 5.20. The minimum Gasteiger partial charge on any atom is -0.481 e. The summed E-state index contributed by atoms with van der Waals surface area (Å²) in [5, 5.41) is 7.18. The van der Waals surface area contributed by atoms with E-state index < -0.39 is 40.9 Å². The first-order valence-corrected chi connectivity index (χ1v) is 5.63. The number of hydrogen-bond donors (Lipinski definition) is 1. The van der Waals surface area contributed by atoms with Gasteiger partial charge in [0.25, 0.3) is 0 Å². The van der Waals surface area contributed by atoms with Gasteiger partial charge in [-0.15, -0.1) is 11.6 Å². The number of alkyl halides is 4. The summed E-state index contributed by atoms with van der Waals surface area (Å²) in [5.41, 5.74) is -1.68. The number of carboxylic acid groups (broad SMARTS) is 1. The van der Waals surface area contributed by atoms with Gasteiger partial charge in [-0.2, -0.15) is 13.2 Å². The number of hydrogen-bond acceptors (Lipinski definition) is 2. The van der Waals surface area contributed by atoms with Crippen molar-refractivity contribution in [3.8, 4) is 0 Å². The quantitative estimate of drug-likeness (QED) is 0.868. The molecule has 0 aliphatic carbocycles. The van der Waals surface area contributed by atoms with Crippen molar-refractivity contribution >= 4 is 23.4 Å². The molecule has 0 radical (unpaired) electrons. The zero-order valence-corrected chi connectivity index (χ0v) is 10.5. The van der Waals surface area contributed by atoms with Crippen molar-refractivity contribution in [3.63, 3.8) is 0 Å². The molecule has 3 nitrogen and oxygen atoms in total. The van der Waals surface area contributed by atoms with Gasteiger partial charge in [-0.05, 0) is 24.1 Å². The Morgan fingerprint density at radius 2 is 1.95 bits per heavy atom. The molecule has 0 bridgehead atoms. The second-order valence-corrected chi connectivity index (χ2v) is 4.36. The molecule has 1 N–H and O–H groups in total. The molecule has 0 aromatic heterocycles. The molecule has 7 heteroatoms. The molecule has 0 amide bonds. The average molecular weight is 295 g/mol. The number of rotatable bonds is 4. The third-order valence-electron chi connectivity index (χ3n) is 2.45. The van der Waals surface area contributed by atoms with E-state index in [0.29, 0.717) is 0 Å². The molecule has 104 valence electrons. The lowest BCUT2D eigenvalue weighted by atomic mass is 9.94. The topological polar surface area (TPSA) is 54.4 Å². The lowest BCUT2D eigenvalue weighted by Crippen LogP contribution is -2.17. The van der Waals surface area contributed by atoms with Crippen molar-refractivity contribution in [2.75, 3.05) is 0 Å². The van der Waals surface area contributed by atoms with E-state index in [9.17, 15) is 22.8 Å². The number of halogens is 4. The highest BCUT2D eigenvalue weighted by atomic mass is 35.5. The van der Waals surface area contributed by atoms with Crippen molar-refractivity contribution in [1.82, 2.24) is 0 Å². The van der Waals surface area contributed by atoms with E-state index in [4.69, 9.17) is 16.7 Å². The van der Waals surface area contributed by atoms with Crippen LogP contribution in [0.25, 0.3) is 0 Å². The fourth-order valence-electron chi connectivity index (χ4n) is 1.68. The molecule has 0 saturated heterocycles. The summed E-state index contributed by atoms with van der Waals surface area (Å²) in [6.07, 6.45) is -5.33. The third kappa shape index (κ3) is 3.70. The molecule has 1 atom stereocenters. The number of carbonyl (C=O) groups is 2. The van der Waals surface area contributed by atoms with E-state index in [0.717, 1.165) is 19.1 Å². The summed E-state index contributed by atoms with van der Waals surface area (Å²) in [4.78, 5) is 21.9. The summed E-state index contributed by atoms with van der Waals surface area (Å²) in [5.74, 6) is -1.97. The van der Waals surface area contributed by atoms with Crippen LogP contribution in [0.1, 0.15) is 29.0 Å². The Bertz CT molecular complexity index is 511. The number of aliphatic carboxylic acids is 1. The molecule has 0 aliphatic heterocycles. The number of ketones is 1. The number of benzene rings is 1. The summed E-state index contributed by atoms with van der Waals surface area (Å²) >= 11 is 5.70. The fourth-order valence-corrected chi connectivity index (χ4v) is 1.94. The van der Waals surface area contributed by atoms with Crippen LogP contribution in [0.4, 0.5) is 13.2 Å². The molecule has 19 heavy (non-hydrogen) atoms. The SMILES string of the molecule is CC(=O)C(Cl)c1c(CC(=O)O)cccc1C(F)(F)F. The van der Waals surface area contributed by atoms with E-state index in [1.54, 1.807) is 0 Å². The molecule has 0 heterocycles. The van der Waals surface area contributed by atoms with Crippen LogP contribution in [0.3, 0.4) is 0 Å². The van der Waals surface area contributed by atoms with Gasteiger partial charge >= 0.3 is 12.1 Å². The van der Waals surface area contributed by atoms with E-state index in [1.807, 2.05) is 0 Å². The van der Waals surface area contributed by atoms with Crippen LogP contribution in [0.5, 0.6) is 0 Å². The second kappa shape index (κ2) is 5.61. The first-order chi connectivity index (χ1) is 8.64. The van der Waals surface area contributed by atoms with Crippen molar-refractivity contribution in [2.24, 2.45) is 0 Å². The minimum absolute atomic E-state index is 0.113. The summed E-state index contributed by atoms with van der Waals surface area (Å²) in [6, 6.07) is 3.09. The van der Waals surface area contributed by atoms with Crippen LogP contribution >= 0.6 is 11.6 Å². The van der Waals surface area contributed by atoms with E-state index in [1.165, 1.54) is 6.07 Å². The van der Waals surface area contributed by atoms with Crippen LogP contribution < -0.4 is 0 Å². The molecule has 1 rings (SSSR count). The largest absolute Gasteiger partial charge is 0.481 e. The second-order valence-electron chi connectivity index (χ2n) is 3.92. The number of Topliss-reactive ketones (excluding diaryl/α,β-unsaturated/α-hetero) is 1. The third-order valence-corrected chi connectivity index (χ3v) is 2.98. The lowest BCUT2D eigenvalue weighted by molar-refractivity contribution is -0.139. The van der Waals surface area contributed by atoms with Gasteiger partial charge in [-0.3, -0.25) is 9.59 Å². The fraction of sp³-hybridized carbons (Fsp3) is 0.333. The van der Waals surface area contributed by atoms with Crippen LogP contribution in [0.15, 0.2) is 18.2 Å². The summed E-state index contributed by atoms with van der Waals surface area (Å²) < 4.78 is 38.6. The Kier molecular flexibility index (Phi) is 4.57. The van der Waals surface area contributed by atoms with E-state index in [-0.39, 0.29) is 5.56 Å². The van der Waals surface area contributed by atoms with E-state index >= 15 is 0 Å². The maximum Gasteiger partial charge on any atom is 0.416 e. The Morgan fingerprint density at radius 3 is 2.37 bits per heavy atom. The maximum absolute atomic E-state index is 12.9. The van der Waals surface area contributed by atoms with Gasteiger partial charge in [0.15, 0.2) is 5.78 Å². The van der Waals surface area contributed by atoms with Crippen LogP contribution in [0, 0.1) is 0 Å². The van der Waals surface area contributed by atoms with Gasteiger partial charge in [-0.1, -0.05) is 12.1 Å². The minimum atomic E-state index is -4.70. The molecule has 0 spiro atoms. The predicted octanol–water partition coefficient (Wildman–Crippen LogP) is 3.20. The Labute approximate surface area is 112 Å². The van der Waals surface area contributed by atoms with E-state index in [2.05, 4.69) is 0 Å². The monoisotopic (exact) mass is 294 g/mol. The van der Waals surface area contributed by atoms with Gasteiger partial charge in [0, 0.05) is 0 Å². The molecular weight excluding hydrogens is 285 g/mol. The zero-order chi connectivity index (χ0) is 14.8. The van der Waals surface area contributed by atoms with Crippen LogP contribution in [-0.2, 0) is 22.2 Å². The van der Waals surface area contributed by atoms with Gasteiger partial charge in [0.2, 0.25) is 0 Å². The normalized spacial score (nSPS) is 13.1. The Morgan fingerprint density at radius 1 is 1.37 bits per heavy atom. The highest BCUT2D eigenvalue weighted by Crippen LogP contribution is 2.38. The molecular formula is C12H10ClF3O3. The Hall–Kier alpha value is -1.56. The first kappa shape index (κ1) is 15.5. The molecule has 1 unspecified atom stereocenters. The standard InChI is InChI=1S/C12H10ClF3O3/c1-6(17)11(13)10-7(5-9(18)19)3-2-4-8(10)12(14,15)16/h2-4,11H,5H2,1H3,(H,18,19). The van der Waals surface area contributed by atoms with Gasteiger partial charge in [0.05, 0.1) is 12.0 Å². The van der Waals surface area contributed by atoms with Crippen molar-refractivity contribution in [3.05, 3.63) is 34.9 Å². The molecule has 0 saturated carbocycles. The van der Waals surface area contributed by atoms with Gasteiger partial charge in [0.1, 0.15) is 5.38 Å². The lowest BCUT2D eigenvalue weighted by Gasteiger charge is -2.18. The van der Waals surface area contributed by atoms with Crippen molar-refractivity contribution in [2.45, 2.75) is 24.9 Å². The highest BCUT2D eigenvalue weighted by Gasteiger charge is 2.37. The molecule has 0 aliphatic rings. The molecule has 0 fully saturated rings. The van der Waals surface area contributed by atoms with Gasteiger partial charge in [-0.25, -0.2) is 0 Å². The maximum atomic E-state index is 12.9. The zero-order valence-electron chi connectivity index (χ0n) is 9.79. The number of carboxylic acids is 1. The highest BCUT2D eigenvalue weighted by molar-refractivity contribution is 6.31. The summed E-state index contributed by atoms with van der Waals surface area (Å²) in [7, 11) is 0. The smallest absolute Gasteiger partial charge is 0.416 e. The van der Waals surface area contributed by atoms with Crippen molar-refractivity contribution < 1.29 is 27.9 Å². The Balaban J connectivity index is 3.49. The molecule has 1 aromatic carbocycles. The number of carbonyl (C=O) groups excluding carboxylic acids is 1. The average Bonchev–Trinajstić information content (AvgIpc) is 2.25. The van der Waals surface area contributed by atoms with Gasteiger partial charge < -0.3 is 5.11 Å². The summed E-state index contributed by atoms with van der Waals surface area (Å²) in [6.45, 7) is 1.05.